The van der Waals surface area contributed by atoms with Crippen molar-refractivity contribution in [1.29, 1.82) is 0 Å². The largest absolute Gasteiger partial charge is 0.378 e. The molecule has 1 unspecified atom stereocenters. The first-order valence-electron chi connectivity index (χ1n) is 5.45. The number of hydrogen-bond acceptors (Lipinski definition) is 5. The molecule has 0 aromatic carbocycles. The molecule has 88 valence electrons. The normalized spacial score (nSPS) is 21.0. The van der Waals surface area contributed by atoms with Crippen molar-refractivity contribution in [2.75, 3.05) is 19.8 Å². The number of aromatic nitrogens is 1. The quantitative estimate of drug-likeness (QED) is 0.810. The molecule has 1 aliphatic rings. The Balaban J connectivity index is 1.99. The van der Waals surface area contributed by atoms with Gasteiger partial charge in [0.2, 0.25) is 0 Å². The number of nitrogens with one attached hydrogen (secondary N) is 1. The van der Waals surface area contributed by atoms with E-state index >= 15 is 0 Å². The third-order valence-electron chi connectivity index (χ3n) is 2.59. The Labute approximate surface area is 99.0 Å². The predicted octanol–water partition coefficient (Wildman–Crippen LogP) is 1.32. The summed E-state index contributed by atoms with van der Waals surface area (Å²) in [5.41, 5.74) is 0.851. The lowest BCUT2D eigenvalue weighted by atomic mass is 10.1. The molecule has 16 heavy (non-hydrogen) atoms. The molecule has 0 bridgehead atoms. The molecule has 1 N–H and O–H groups in total. The lowest BCUT2D eigenvalue weighted by molar-refractivity contribution is 0.0677. The highest BCUT2D eigenvalue weighted by molar-refractivity contribution is 7.13. The smallest absolute Gasteiger partial charge is 0.176 e. The van der Waals surface area contributed by atoms with E-state index in [0.717, 1.165) is 28.7 Å². The number of carbonyl (C=O) groups excluding carboxylic acids is 1. The van der Waals surface area contributed by atoms with E-state index in [1.807, 2.05) is 13.8 Å². The monoisotopic (exact) mass is 240 g/mol. The molecule has 2 rings (SSSR count). The first-order chi connectivity index (χ1) is 7.66. The number of hydrogen-bond donors (Lipinski definition) is 1. The van der Waals surface area contributed by atoms with Crippen molar-refractivity contribution in [1.82, 2.24) is 10.3 Å². The second-order valence-corrected chi connectivity index (χ2v) is 5.20. The van der Waals surface area contributed by atoms with Crippen molar-refractivity contribution < 1.29 is 9.53 Å². The summed E-state index contributed by atoms with van der Waals surface area (Å²) in [7, 11) is 0. The average Bonchev–Trinajstić information content (AvgIpc) is 2.59. The number of rotatable bonds is 3. The summed E-state index contributed by atoms with van der Waals surface area (Å²) in [6.07, 6.45) is 0.502. The van der Waals surface area contributed by atoms with Gasteiger partial charge in [-0.05, 0) is 13.8 Å². The first kappa shape index (κ1) is 11.7. The van der Waals surface area contributed by atoms with E-state index in [1.165, 1.54) is 11.3 Å². The SMILES string of the molecule is Cc1nc(C)c(C(=O)CC2COCCN2)s1. The van der Waals surface area contributed by atoms with Crippen LogP contribution in [0.1, 0.15) is 26.8 Å². The highest BCUT2D eigenvalue weighted by atomic mass is 32.1. The molecule has 4 nitrogen and oxygen atoms in total. The third kappa shape index (κ3) is 2.66. The van der Waals surface area contributed by atoms with E-state index in [0.29, 0.717) is 13.0 Å². The number of ether oxygens (including phenoxy) is 1. The summed E-state index contributed by atoms with van der Waals surface area (Å²) in [6, 6.07) is 0.156. The van der Waals surface area contributed by atoms with Gasteiger partial charge in [-0.3, -0.25) is 4.79 Å². The van der Waals surface area contributed by atoms with Crippen LogP contribution < -0.4 is 5.32 Å². The van der Waals surface area contributed by atoms with Crippen molar-refractivity contribution in [2.24, 2.45) is 0 Å². The average molecular weight is 240 g/mol. The number of Topliss-reactive ketones (excluding diaryl/α,β-unsaturated/α-hetero) is 1. The topological polar surface area (TPSA) is 51.2 Å². The second-order valence-electron chi connectivity index (χ2n) is 4.00. The Kier molecular flexibility index (Phi) is 3.68. The summed E-state index contributed by atoms with van der Waals surface area (Å²) in [5, 5.41) is 4.24. The van der Waals surface area contributed by atoms with Crippen LogP contribution in [0.25, 0.3) is 0 Å². The van der Waals surface area contributed by atoms with Gasteiger partial charge in [-0.2, -0.15) is 0 Å². The second kappa shape index (κ2) is 5.03. The minimum atomic E-state index is 0.156. The number of nitrogens with zero attached hydrogens (tertiary/aromatic N) is 1. The number of aryl methyl sites for hydroxylation is 2. The minimum absolute atomic E-state index is 0.156. The van der Waals surface area contributed by atoms with Crippen molar-refractivity contribution in [3.8, 4) is 0 Å². The van der Waals surface area contributed by atoms with Crippen molar-refractivity contribution in [3.63, 3.8) is 0 Å². The van der Waals surface area contributed by atoms with E-state index in [9.17, 15) is 4.79 Å². The molecule has 1 atom stereocenters. The zero-order chi connectivity index (χ0) is 11.5. The lowest BCUT2D eigenvalue weighted by Crippen LogP contribution is -2.42. The van der Waals surface area contributed by atoms with Crippen LogP contribution >= 0.6 is 11.3 Å². The molecular weight excluding hydrogens is 224 g/mol. The van der Waals surface area contributed by atoms with E-state index in [2.05, 4.69) is 10.3 Å². The van der Waals surface area contributed by atoms with Gasteiger partial charge in [-0.1, -0.05) is 0 Å². The van der Waals surface area contributed by atoms with Crippen LogP contribution in [-0.4, -0.2) is 36.6 Å². The summed E-state index contributed by atoms with van der Waals surface area (Å²) in [6.45, 7) is 6.02. The van der Waals surface area contributed by atoms with Crippen molar-refractivity contribution >= 4 is 17.1 Å². The van der Waals surface area contributed by atoms with Gasteiger partial charge >= 0.3 is 0 Å². The van der Waals surface area contributed by atoms with E-state index < -0.39 is 0 Å². The van der Waals surface area contributed by atoms with Crippen LogP contribution in [0, 0.1) is 13.8 Å². The Morgan fingerprint density at radius 2 is 2.44 bits per heavy atom. The van der Waals surface area contributed by atoms with Gasteiger partial charge in [0.1, 0.15) is 0 Å². The van der Waals surface area contributed by atoms with Crippen LogP contribution in [0.4, 0.5) is 0 Å². The molecule has 0 spiro atoms. The molecule has 5 heteroatoms. The standard InChI is InChI=1S/C11H16N2O2S/c1-7-11(16-8(2)13-7)10(14)5-9-6-15-4-3-12-9/h9,12H,3-6H2,1-2H3. The third-order valence-corrected chi connectivity index (χ3v) is 3.70. The van der Waals surface area contributed by atoms with Crippen LogP contribution in [0.15, 0.2) is 0 Å². The molecule has 0 amide bonds. The fraction of sp³-hybridized carbons (Fsp3) is 0.636. The maximum Gasteiger partial charge on any atom is 0.176 e. The lowest BCUT2D eigenvalue weighted by Gasteiger charge is -2.22. The van der Waals surface area contributed by atoms with Gasteiger partial charge in [0.05, 0.1) is 28.8 Å². The highest BCUT2D eigenvalue weighted by Gasteiger charge is 2.20. The molecule has 1 aromatic heterocycles. The Hall–Kier alpha value is -0.780. The Morgan fingerprint density at radius 3 is 3.00 bits per heavy atom. The predicted molar refractivity (Wildman–Crippen MR) is 63.1 cm³/mol. The molecule has 1 aromatic rings. The Bertz CT molecular complexity index is 383. The zero-order valence-electron chi connectivity index (χ0n) is 9.58. The summed E-state index contributed by atoms with van der Waals surface area (Å²) in [4.78, 5) is 17.1. The minimum Gasteiger partial charge on any atom is -0.378 e. The fourth-order valence-corrected chi connectivity index (χ4v) is 2.73. The summed E-state index contributed by atoms with van der Waals surface area (Å²) in [5.74, 6) is 0.172. The zero-order valence-corrected chi connectivity index (χ0v) is 10.4. The number of ketones is 1. The summed E-state index contributed by atoms with van der Waals surface area (Å²) < 4.78 is 5.33. The van der Waals surface area contributed by atoms with Crippen LogP contribution in [-0.2, 0) is 4.74 Å². The van der Waals surface area contributed by atoms with Gasteiger partial charge in [0.25, 0.3) is 0 Å². The highest BCUT2D eigenvalue weighted by Crippen LogP contribution is 2.19. The number of carbonyl (C=O) groups is 1. The van der Waals surface area contributed by atoms with Gasteiger partial charge < -0.3 is 10.1 Å². The molecule has 1 fully saturated rings. The van der Waals surface area contributed by atoms with E-state index in [-0.39, 0.29) is 11.8 Å². The number of morpholine rings is 1. The molecule has 2 heterocycles. The van der Waals surface area contributed by atoms with Crippen molar-refractivity contribution in [2.45, 2.75) is 26.3 Å². The van der Waals surface area contributed by atoms with Crippen molar-refractivity contribution in [3.05, 3.63) is 15.6 Å². The summed E-state index contributed by atoms with van der Waals surface area (Å²) >= 11 is 1.48. The molecule has 0 saturated carbocycles. The maximum absolute atomic E-state index is 12.0. The van der Waals surface area contributed by atoms with E-state index in [1.54, 1.807) is 0 Å². The molecule has 0 radical (unpaired) electrons. The van der Waals surface area contributed by atoms with Crippen LogP contribution in [0.2, 0.25) is 0 Å². The molecule has 1 aliphatic heterocycles. The van der Waals surface area contributed by atoms with E-state index in [4.69, 9.17) is 4.74 Å². The maximum atomic E-state index is 12.0. The number of thiazole rings is 1. The first-order valence-corrected chi connectivity index (χ1v) is 6.27. The fourth-order valence-electron chi connectivity index (χ4n) is 1.86. The van der Waals surface area contributed by atoms with Gasteiger partial charge in [0.15, 0.2) is 5.78 Å². The van der Waals surface area contributed by atoms with Crippen LogP contribution in [0.5, 0.6) is 0 Å². The molecule has 1 saturated heterocycles. The van der Waals surface area contributed by atoms with Crippen LogP contribution in [0.3, 0.4) is 0 Å². The van der Waals surface area contributed by atoms with Gasteiger partial charge in [-0.25, -0.2) is 4.98 Å². The Morgan fingerprint density at radius 1 is 1.62 bits per heavy atom. The van der Waals surface area contributed by atoms with Gasteiger partial charge in [0, 0.05) is 19.0 Å². The van der Waals surface area contributed by atoms with Gasteiger partial charge in [-0.15, -0.1) is 11.3 Å². The molecule has 0 aliphatic carbocycles. The molecular formula is C11H16N2O2S.